The molecule has 0 saturated heterocycles. The summed E-state index contributed by atoms with van der Waals surface area (Å²) < 4.78 is 5.87. The summed E-state index contributed by atoms with van der Waals surface area (Å²) in [6.45, 7) is 3.28. The van der Waals surface area contributed by atoms with Crippen LogP contribution < -0.4 is 10.1 Å². The van der Waals surface area contributed by atoms with Crippen molar-refractivity contribution in [3.8, 4) is 5.75 Å². The largest absolute Gasteiger partial charge is 0.489 e. The Kier molecular flexibility index (Phi) is 5.85. The molecule has 0 atom stereocenters. The Morgan fingerprint density at radius 3 is 2.40 bits per heavy atom. The van der Waals surface area contributed by atoms with Gasteiger partial charge in [0, 0.05) is 12.2 Å². The molecule has 0 aromatic heterocycles. The molecule has 3 aromatic carbocycles. The summed E-state index contributed by atoms with van der Waals surface area (Å²) in [4.78, 5) is 0. The van der Waals surface area contributed by atoms with Gasteiger partial charge in [-0.1, -0.05) is 59.1 Å². The number of rotatable bonds is 6. The first-order chi connectivity index (χ1) is 12.1. The van der Waals surface area contributed by atoms with Gasteiger partial charge >= 0.3 is 0 Å². The van der Waals surface area contributed by atoms with Crippen molar-refractivity contribution >= 4 is 28.9 Å². The Morgan fingerprint density at radius 1 is 0.840 bits per heavy atom. The molecule has 0 bridgehead atoms. The highest BCUT2D eigenvalue weighted by Crippen LogP contribution is 2.24. The fraction of sp³-hybridized carbons (Fsp3) is 0.143. The average Bonchev–Trinajstić information content (AvgIpc) is 2.63. The van der Waals surface area contributed by atoms with Crippen LogP contribution in [0.1, 0.15) is 16.7 Å². The number of hydrogen-bond acceptors (Lipinski definition) is 2. The average molecular weight is 372 g/mol. The second kappa shape index (κ2) is 8.28. The molecule has 0 aliphatic carbocycles. The Balaban J connectivity index is 1.59. The summed E-state index contributed by atoms with van der Waals surface area (Å²) in [7, 11) is 0. The van der Waals surface area contributed by atoms with Crippen LogP contribution in [0.15, 0.2) is 66.7 Å². The molecule has 0 unspecified atom stereocenters. The van der Waals surface area contributed by atoms with E-state index in [0.29, 0.717) is 16.7 Å². The molecule has 1 N–H and O–H groups in total. The second-order valence-corrected chi connectivity index (χ2v) is 6.72. The van der Waals surface area contributed by atoms with Crippen LogP contribution in [0.5, 0.6) is 5.75 Å². The van der Waals surface area contributed by atoms with E-state index < -0.39 is 0 Å². The highest BCUT2D eigenvalue weighted by Gasteiger charge is 2.02. The Bertz CT molecular complexity index is 847. The number of nitrogens with one attached hydrogen (secondary N) is 1. The van der Waals surface area contributed by atoms with E-state index in [4.69, 9.17) is 27.9 Å². The minimum Gasteiger partial charge on any atom is -0.489 e. The number of anilines is 1. The van der Waals surface area contributed by atoms with Crippen LogP contribution in [0.25, 0.3) is 0 Å². The molecule has 0 aliphatic rings. The van der Waals surface area contributed by atoms with Crippen LogP contribution >= 0.6 is 23.2 Å². The summed E-state index contributed by atoms with van der Waals surface area (Å²) in [5, 5.41) is 4.51. The van der Waals surface area contributed by atoms with Gasteiger partial charge in [0.2, 0.25) is 0 Å². The fourth-order valence-electron chi connectivity index (χ4n) is 2.42. The molecule has 0 spiro atoms. The molecule has 3 aromatic rings. The lowest BCUT2D eigenvalue weighted by Gasteiger charge is -2.10. The lowest BCUT2D eigenvalue weighted by atomic mass is 10.2. The first-order valence-electron chi connectivity index (χ1n) is 8.06. The number of aryl methyl sites for hydroxylation is 1. The molecule has 0 fully saturated rings. The predicted octanol–water partition coefficient (Wildman–Crippen LogP) is 6.49. The number of hydrogen-bond donors (Lipinski definition) is 1. The minimum absolute atomic E-state index is 0.450. The third-order valence-corrected chi connectivity index (χ3v) is 4.58. The summed E-state index contributed by atoms with van der Waals surface area (Å²) in [6, 6.07) is 21.9. The lowest BCUT2D eigenvalue weighted by Crippen LogP contribution is -2.00. The molecule has 3 rings (SSSR count). The van der Waals surface area contributed by atoms with Crippen LogP contribution in [-0.2, 0) is 13.2 Å². The summed E-state index contributed by atoms with van der Waals surface area (Å²) >= 11 is 12.0. The predicted molar refractivity (Wildman–Crippen MR) is 106 cm³/mol. The third-order valence-electron chi connectivity index (χ3n) is 3.84. The van der Waals surface area contributed by atoms with Gasteiger partial charge in [-0.05, 0) is 54.4 Å². The van der Waals surface area contributed by atoms with E-state index in [1.54, 1.807) is 6.07 Å². The quantitative estimate of drug-likeness (QED) is 0.534. The normalized spacial score (nSPS) is 10.5. The zero-order chi connectivity index (χ0) is 17.6. The first kappa shape index (κ1) is 17.7. The summed E-state index contributed by atoms with van der Waals surface area (Å²) in [5.74, 6) is 0.828. The van der Waals surface area contributed by atoms with Crippen LogP contribution in [0, 0.1) is 6.92 Å². The molecular formula is C21H19Cl2NO. The third kappa shape index (κ3) is 5.15. The Hall–Kier alpha value is -2.16. The lowest BCUT2D eigenvalue weighted by molar-refractivity contribution is 0.306. The van der Waals surface area contributed by atoms with E-state index in [0.717, 1.165) is 29.1 Å². The van der Waals surface area contributed by atoms with Crippen molar-refractivity contribution in [3.05, 3.63) is 93.5 Å². The van der Waals surface area contributed by atoms with Crippen LogP contribution in [0.4, 0.5) is 5.69 Å². The molecule has 0 heterocycles. The molecule has 4 heteroatoms. The van der Waals surface area contributed by atoms with Crippen molar-refractivity contribution in [2.24, 2.45) is 0 Å². The summed E-state index contributed by atoms with van der Waals surface area (Å²) in [6.07, 6.45) is 0. The van der Waals surface area contributed by atoms with Gasteiger partial charge in [-0.3, -0.25) is 0 Å². The van der Waals surface area contributed by atoms with Crippen LogP contribution in [0.2, 0.25) is 10.0 Å². The van der Waals surface area contributed by atoms with Gasteiger partial charge in [0.15, 0.2) is 0 Å². The molecule has 0 aliphatic heterocycles. The molecule has 0 amide bonds. The van der Waals surface area contributed by atoms with E-state index in [2.05, 4.69) is 42.6 Å². The molecule has 128 valence electrons. The summed E-state index contributed by atoms with van der Waals surface area (Å²) in [5.41, 5.74) is 4.50. The van der Waals surface area contributed by atoms with E-state index >= 15 is 0 Å². The monoisotopic (exact) mass is 371 g/mol. The maximum Gasteiger partial charge on any atom is 0.120 e. The zero-order valence-electron chi connectivity index (χ0n) is 13.9. The van der Waals surface area contributed by atoms with Gasteiger partial charge in [-0.2, -0.15) is 0 Å². The van der Waals surface area contributed by atoms with Crippen LogP contribution in [0.3, 0.4) is 0 Å². The molecule has 25 heavy (non-hydrogen) atoms. The van der Waals surface area contributed by atoms with Crippen molar-refractivity contribution in [1.29, 1.82) is 0 Å². The fourth-order valence-corrected chi connectivity index (χ4v) is 2.74. The van der Waals surface area contributed by atoms with E-state index in [9.17, 15) is 0 Å². The van der Waals surface area contributed by atoms with E-state index in [1.165, 1.54) is 5.56 Å². The van der Waals surface area contributed by atoms with Gasteiger partial charge in [0.05, 0.1) is 10.0 Å². The molecule has 2 nitrogen and oxygen atoms in total. The number of halogens is 2. The van der Waals surface area contributed by atoms with E-state index in [-0.39, 0.29) is 0 Å². The molecule has 0 saturated carbocycles. The zero-order valence-corrected chi connectivity index (χ0v) is 15.4. The smallest absolute Gasteiger partial charge is 0.120 e. The standard InChI is InChI=1S/C21H19Cl2NO/c1-15-5-8-18(9-6-15)24-13-16-3-2-4-19(11-16)25-14-17-7-10-20(22)21(23)12-17/h2-12,24H,13-14H2,1H3. The van der Waals surface area contributed by atoms with Gasteiger partial charge in [0.1, 0.15) is 12.4 Å². The Morgan fingerprint density at radius 2 is 1.64 bits per heavy atom. The van der Waals surface area contributed by atoms with Gasteiger partial charge in [0.25, 0.3) is 0 Å². The molecule has 0 radical (unpaired) electrons. The van der Waals surface area contributed by atoms with Crippen LogP contribution in [-0.4, -0.2) is 0 Å². The van der Waals surface area contributed by atoms with Gasteiger partial charge < -0.3 is 10.1 Å². The minimum atomic E-state index is 0.450. The Labute approximate surface area is 158 Å². The van der Waals surface area contributed by atoms with Crippen molar-refractivity contribution in [3.63, 3.8) is 0 Å². The first-order valence-corrected chi connectivity index (χ1v) is 8.82. The highest BCUT2D eigenvalue weighted by molar-refractivity contribution is 6.42. The van der Waals surface area contributed by atoms with Crippen molar-refractivity contribution in [1.82, 2.24) is 0 Å². The highest BCUT2D eigenvalue weighted by atomic mass is 35.5. The number of ether oxygens (including phenoxy) is 1. The molecular weight excluding hydrogens is 353 g/mol. The maximum atomic E-state index is 6.03. The number of benzene rings is 3. The maximum absolute atomic E-state index is 6.03. The SMILES string of the molecule is Cc1ccc(NCc2cccc(OCc3ccc(Cl)c(Cl)c3)c2)cc1. The van der Waals surface area contributed by atoms with Gasteiger partial charge in [-0.25, -0.2) is 0 Å². The van der Waals surface area contributed by atoms with Crippen molar-refractivity contribution in [2.45, 2.75) is 20.1 Å². The van der Waals surface area contributed by atoms with Crippen molar-refractivity contribution < 1.29 is 4.74 Å². The topological polar surface area (TPSA) is 21.3 Å². The van der Waals surface area contributed by atoms with E-state index in [1.807, 2.05) is 30.3 Å². The second-order valence-electron chi connectivity index (χ2n) is 5.90. The van der Waals surface area contributed by atoms with Crippen molar-refractivity contribution in [2.75, 3.05) is 5.32 Å². The van der Waals surface area contributed by atoms with Gasteiger partial charge in [-0.15, -0.1) is 0 Å².